The van der Waals surface area contributed by atoms with Crippen LogP contribution in [0.2, 0.25) is 0 Å². The van der Waals surface area contributed by atoms with E-state index in [1.807, 2.05) is 56.3 Å². The number of benzene rings is 2. The Morgan fingerprint density at radius 1 is 1.11 bits per heavy atom. The van der Waals surface area contributed by atoms with Crippen LogP contribution in [0.1, 0.15) is 24.1 Å². The summed E-state index contributed by atoms with van der Waals surface area (Å²) in [6.07, 6.45) is 0. The Labute approximate surface area is 116 Å². The van der Waals surface area contributed by atoms with E-state index >= 15 is 0 Å². The highest BCUT2D eigenvalue weighted by Gasteiger charge is 2.10. The summed E-state index contributed by atoms with van der Waals surface area (Å²) in [4.78, 5) is 0. The van der Waals surface area contributed by atoms with Crippen molar-refractivity contribution in [2.45, 2.75) is 19.9 Å². The average molecular weight is 306 g/mol. The third kappa shape index (κ3) is 2.92. The van der Waals surface area contributed by atoms with Crippen LogP contribution in [0.25, 0.3) is 0 Å². The number of aryl methyl sites for hydroxylation is 1. The quantitative estimate of drug-likeness (QED) is 0.901. The molecule has 0 radical (unpaired) electrons. The molecule has 0 saturated heterocycles. The van der Waals surface area contributed by atoms with Crippen LogP contribution in [-0.4, -0.2) is 0 Å². The molecule has 18 heavy (non-hydrogen) atoms. The van der Waals surface area contributed by atoms with Crippen LogP contribution in [0.4, 0.5) is 0 Å². The van der Waals surface area contributed by atoms with Crippen LogP contribution in [0.15, 0.2) is 46.9 Å². The molecular formula is C15H16BrNO. The first kappa shape index (κ1) is 13.1. The summed E-state index contributed by atoms with van der Waals surface area (Å²) < 4.78 is 6.96. The van der Waals surface area contributed by atoms with Gasteiger partial charge >= 0.3 is 0 Å². The van der Waals surface area contributed by atoms with E-state index in [9.17, 15) is 0 Å². The van der Waals surface area contributed by atoms with E-state index in [1.165, 1.54) is 0 Å². The molecule has 3 heteroatoms. The molecule has 0 spiro atoms. The van der Waals surface area contributed by atoms with E-state index < -0.39 is 0 Å². The second-order valence-electron chi connectivity index (χ2n) is 4.34. The Morgan fingerprint density at radius 3 is 2.50 bits per heavy atom. The highest BCUT2D eigenvalue weighted by Crippen LogP contribution is 2.32. The van der Waals surface area contributed by atoms with Gasteiger partial charge in [0.25, 0.3) is 0 Å². The molecule has 0 aliphatic heterocycles. The number of halogens is 1. The third-order valence-electron chi connectivity index (χ3n) is 2.78. The molecule has 1 unspecified atom stereocenters. The molecule has 1 atom stereocenters. The molecule has 2 nitrogen and oxygen atoms in total. The van der Waals surface area contributed by atoms with Crippen LogP contribution in [0.5, 0.6) is 11.5 Å². The van der Waals surface area contributed by atoms with Crippen molar-refractivity contribution in [2.75, 3.05) is 0 Å². The summed E-state index contributed by atoms with van der Waals surface area (Å²) in [6.45, 7) is 3.98. The van der Waals surface area contributed by atoms with Gasteiger partial charge in [-0.3, -0.25) is 0 Å². The van der Waals surface area contributed by atoms with Crippen molar-refractivity contribution in [1.82, 2.24) is 0 Å². The lowest BCUT2D eigenvalue weighted by molar-refractivity contribution is 0.468. The van der Waals surface area contributed by atoms with Crippen molar-refractivity contribution in [2.24, 2.45) is 5.73 Å². The topological polar surface area (TPSA) is 35.2 Å². The van der Waals surface area contributed by atoms with Gasteiger partial charge in [0.15, 0.2) is 0 Å². The van der Waals surface area contributed by atoms with Crippen LogP contribution < -0.4 is 10.5 Å². The lowest BCUT2D eigenvalue weighted by Gasteiger charge is -2.15. The maximum atomic E-state index is 5.97. The molecule has 0 bridgehead atoms. The lowest BCUT2D eigenvalue weighted by atomic mass is 10.1. The van der Waals surface area contributed by atoms with Crippen molar-refractivity contribution in [3.8, 4) is 11.5 Å². The van der Waals surface area contributed by atoms with E-state index in [2.05, 4.69) is 15.9 Å². The minimum Gasteiger partial charge on any atom is -0.457 e. The van der Waals surface area contributed by atoms with Crippen molar-refractivity contribution in [1.29, 1.82) is 0 Å². The standard InChI is InChI=1S/C15H16BrNO/c1-10-5-3-4-6-14(10)18-15-8-7-12(16)9-13(15)11(2)17/h3-9,11H,17H2,1-2H3. The Balaban J connectivity index is 2.37. The summed E-state index contributed by atoms with van der Waals surface area (Å²) in [5, 5.41) is 0. The van der Waals surface area contributed by atoms with E-state index in [-0.39, 0.29) is 6.04 Å². The van der Waals surface area contributed by atoms with E-state index in [0.717, 1.165) is 27.1 Å². The first-order chi connectivity index (χ1) is 8.58. The second-order valence-corrected chi connectivity index (χ2v) is 5.25. The highest BCUT2D eigenvalue weighted by atomic mass is 79.9. The van der Waals surface area contributed by atoms with Gasteiger partial charge in [-0.15, -0.1) is 0 Å². The van der Waals surface area contributed by atoms with Crippen molar-refractivity contribution < 1.29 is 4.74 Å². The summed E-state index contributed by atoms with van der Waals surface area (Å²) >= 11 is 3.45. The number of ether oxygens (including phenoxy) is 1. The molecule has 0 aliphatic carbocycles. The average Bonchev–Trinajstić information content (AvgIpc) is 2.34. The number of rotatable bonds is 3. The largest absolute Gasteiger partial charge is 0.457 e. The molecule has 0 heterocycles. The minimum atomic E-state index is -0.0680. The predicted molar refractivity (Wildman–Crippen MR) is 78.0 cm³/mol. The predicted octanol–water partition coefficient (Wildman–Crippen LogP) is 4.57. The van der Waals surface area contributed by atoms with Crippen LogP contribution in [0.3, 0.4) is 0 Å². The molecule has 0 aliphatic rings. The molecule has 2 N–H and O–H groups in total. The van der Waals surface area contributed by atoms with E-state index in [4.69, 9.17) is 10.5 Å². The highest BCUT2D eigenvalue weighted by molar-refractivity contribution is 9.10. The second kappa shape index (κ2) is 5.55. The van der Waals surface area contributed by atoms with Gasteiger partial charge in [0.2, 0.25) is 0 Å². The zero-order valence-corrected chi connectivity index (χ0v) is 12.1. The zero-order chi connectivity index (χ0) is 13.1. The first-order valence-corrected chi connectivity index (χ1v) is 6.65. The summed E-state index contributed by atoms with van der Waals surface area (Å²) in [6, 6.07) is 13.8. The van der Waals surface area contributed by atoms with Gasteiger partial charge in [0.1, 0.15) is 11.5 Å². The lowest BCUT2D eigenvalue weighted by Crippen LogP contribution is -2.06. The van der Waals surface area contributed by atoms with Gasteiger partial charge in [0, 0.05) is 16.1 Å². The molecule has 0 amide bonds. The fourth-order valence-electron chi connectivity index (χ4n) is 1.76. The van der Waals surface area contributed by atoms with Gasteiger partial charge in [-0.05, 0) is 43.7 Å². The number of hydrogen-bond acceptors (Lipinski definition) is 2. The maximum absolute atomic E-state index is 5.97. The van der Waals surface area contributed by atoms with E-state index in [0.29, 0.717) is 0 Å². The molecule has 2 aromatic carbocycles. The van der Waals surface area contributed by atoms with E-state index in [1.54, 1.807) is 0 Å². The monoisotopic (exact) mass is 305 g/mol. The number of nitrogens with two attached hydrogens (primary N) is 1. The Bertz CT molecular complexity index is 552. The van der Waals surface area contributed by atoms with Crippen LogP contribution in [-0.2, 0) is 0 Å². The summed E-state index contributed by atoms with van der Waals surface area (Å²) in [5.74, 6) is 1.67. The fraction of sp³-hybridized carbons (Fsp3) is 0.200. The SMILES string of the molecule is Cc1ccccc1Oc1ccc(Br)cc1C(C)N. The van der Waals surface area contributed by atoms with Gasteiger partial charge in [-0.1, -0.05) is 34.1 Å². The van der Waals surface area contributed by atoms with Gasteiger partial charge < -0.3 is 10.5 Å². The van der Waals surface area contributed by atoms with Crippen LogP contribution in [0, 0.1) is 6.92 Å². The molecule has 0 saturated carbocycles. The van der Waals surface area contributed by atoms with Gasteiger partial charge in [-0.25, -0.2) is 0 Å². The molecular weight excluding hydrogens is 290 g/mol. The Hall–Kier alpha value is -1.32. The molecule has 2 aromatic rings. The maximum Gasteiger partial charge on any atom is 0.132 e. The zero-order valence-electron chi connectivity index (χ0n) is 10.5. The first-order valence-electron chi connectivity index (χ1n) is 5.86. The van der Waals surface area contributed by atoms with Crippen molar-refractivity contribution in [3.63, 3.8) is 0 Å². The van der Waals surface area contributed by atoms with Crippen molar-refractivity contribution >= 4 is 15.9 Å². The number of para-hydroxylation sites is 1. The van der Waals surface area contributed by atoms with Crippen molar-refractivity contribution in [3.05, 3.63) is 58.1 Å². The minimum absolute atomic E-state index is 0.0680. The molecule has 2 rings (SSSR count). The molecule has 0 fully saturated rings. The normalized spacial score (nSPS) is 12.2. The van der Waals surface area contributed by atoms with Gasteiger partial charge in [0.05, 0.1) is 0 Å². The summed E-state index contributed by atoms with van der Waals surface area (Å²) in [5.41, 5.74) is 8.07. The number of hydrogen-bond donors (Lipinski definition) is 1. The van der Waals surface area contributed by atoms with Gasteiger partial charge in [-0.2, -0.15) is 0 Å². The molecule has 0 aromatic heterocycles. The Morgan fingerprint density at radius 2 is 1.83 bits per heavy atom. The third-order valence-corrected chi connectivity index (χ3v) is 3.27. The van der Waals surface area contributed by atoms with Crippen LogP contribution >= 0.6 is 15.9 Å². The smallest absolute Gasteiger partial charge is 0.132 e. The molecule has 94 valence electrons. The summed E-state index contributed by atoms with van der Waals surface area (Å²) in [7, 11) is 0. The Kier molecular flexibility index (Phi) is 4.04. The fourth-order valence-corrected chi connectivity index (χ4v) is 2.14.